The van der Waals surface area contributed by atoms with Crippen molar-refractivity contribution in [2.45, 2.75) is 26.9 Å². The molecule has 3 rings (SSSR count). The molecule has 3 aromatic rings. The van der Waals surface area contributed by atoms with Crippen molar-refractivity contribution in [1.29, 1.82) is 0 Å². The Morgan fingerprint density at radius 1 is 1.10 bits per heavy atom. The highest BCUT2D eigenvalue weighted by molar-refractivity contribution is 14.0. The highest BCUT2D eigenvalue weighted by Gasteiger charge is 2.07. The molecule has 0 spiro atoms. The molecule has 0 aliphatic rings. The molecule has 1 aromatic heterocycles. The number of guanidine groups is 1. The maximum Gasteiger partial charge on any atom is 0.196 e. The minimum atomic E-state index is 0. The summed E-state index contributed by atoms with van der Waals surface area (Å²) < 4.78 is 12.8. The Labute approximate surface area is 200 Å². The Balaban J connectivity index is 0.00000341. The predicted molar refractivity (Wildman–Crippen MR) is 134 cm³/mol. The Hall–Kier alpha value is -2.82. The van der Waals surface area contributed by atoms with Crippen LogP contribution in [0.5, 0.6) is 11.5 Å². The summed E-state index contributed by atoms with van der Waals surface area (Å²) in [5.74, 6) is 2.10. The molecule has 0 fully saturated rings. The van der Waals surface area contributed by atoms with E-state index in [2.05, 4.69) is 38.9 Å². The highest BCUT2D eigenvalue weighted by atomic mass is 127. The zero-order chi connectivity index (χ0) is 21.2. The summed E-state index contributed by atoms with van der Waals surface area (Å²) in [7, 11) is 1.63. The zero-order valence-electron chi connectivity index (χ0n) is 18.0. The topological polar surface area (TPSA) is 85.6 Å². The van der Waals surface area contributed by atoms with Crippen LogP contribution in [-0.4, -0.2) is 41.0 Å². The third-order valence-corrected chi connectivity index (χ3v) is 4.29. The van der Waals surface area contributed by atoms with Crippen LogP contribution in [0.3, 0.4) is 0 Å². The molecule has 0 amide bonds. The molecule has 0 aliphatic heterocycles. The van der Waals surface area contributed by atoms with Crippen LogP contribution in [0.1, 0.15) is 25.0 Å². The number of rotatable bonds is 9. The van der Waals surface area contributed by atoms with E-state index in [4.69, 9.17) is 14.5 Å². The number of hydrogen-bond acceptors (Lipinski definition) is 5. The first-order chi connectivity index (χ1) is 14.7. The van der Waals surface area contributed by atoms with Gasteiger partial charge in [0.2, 0.25) is 0 Å². The van der Waals surface area contributed by atoms with Crippen molar-refractivity contribution in [3.05, 3.63) is 66.2 Å². The molecule has 0 saturated heterocycles. The van der Waals surface area contributed by atoms with Gasteiger partial charge in [0, 0.05) is 18.3 Å². The average Bonchev–Trinajstić information content (AvgIpc) is 3.26. The molecule has 0 atom stereocenters. The number of methoxy groups -OCH3 is 1. The summed E-state index contributed by atoms with van der Waals surface area (Å²) in [5, 5.41) is 10.8. The minimum absolute atomic E-state index is 0. The number of nitrogens with zero attached hydrogens (tertiary/aromatic N) is 4. The highest BCUT2D eigenvalue weighted by Crippen LogP contribution is 2.30. The van der Waals surface area contributed by atoms with Gasteiger partial charge in [-0.25, -0.2) is 14.7 Å². The third kappa shape index (κ3) is 7.42. The molecule has 31 heavy (non-hydrogen) atoms. The van der Waals surface area contributed by atoms with Crippen molar-refractivity contribution in [2.75, 3.05) is 25.6 Å². The van der Waals surface area contributed by atoms with Crippen molar-refractivity contribution in [3.8, 4) is 11.5 Å². The molecular weight excluding hydrogens is 507 g/mol. The van der Waals surface area contributed by atoms with E-state index in [9.17, 15) is 0 Å². The van der Waals surface area contributed by atoms with Crippen molar-refractivity contribution in [2.24, 2.45) is 4.99 Å². The molecule has 2 aromatic carbocycles. The number of aliphatic imine (C=N–C) groups is 1. The molecule has 1 heterocycles. The van der Waals surface area contributed by atoms with Crippen molar-refractivity contribution >= 4 is 35.6 Å². The molecule has 0 saturated carbocycles. The maximum absolute atomic E-state index is 5.58. The lowest BCUT2D eigenvalue weighted by Gasteiger charge is -2.14. The molecule has 0 aliphatic carbocycles. The third-order valence-electron chi connectivity index (χ3n) is 4.29. The van der Waals surface area contributed by atoms with E-state index in [1.54, 1.807) is 24.4 Å². The van der Waals surface area contributed by atoms with Gasteiger partial charge in [-0.1, -0.05) is 24.3 Å². The standard InChI is InChI=1S/C22H28N6O2.HI/c1-4-24-22(27-19-9-10-20(30-5-2)21(12-19)29-3)25-13-17-7-6-8-18(11-17)14-28-16-23-15-26-28;/h6-12,15-16H,4-5,13-14H2,1-3H3,(H2,24,25,27);1H. The van der Waals surface area contributed by atoms with E-state index in [0.717, 1.165) is 29.1 Å². The second-order valence-corrected chi connectivity index (χ2v) is 6.53. The number of hydrogen-bond donors (Lipinski definition) is 2. The first-order valence-electron chi connectivity index (χ1n) is 9.98. The SMILES string of the molecule is CCNC(=NCc1cccc(Cn2cncn2)c1)Nc1ccc(OCC)c(OC)c1.I. The number of benzene rings is 2. The van der Waals surface area contributed by atoms with Crippen molar-refractivity contribution in [1.82, 2.24) is 20.1 Å². The van der Waals surface area contributed by atoms with Gasteiger partial charge in [0.25, 0.3) is 0 Å². The first kappa shape index (κ1) is 24.4. The largest absolute Gasteiger partial charge is 0.493 e. The number of halogens is 1. The van der Waals surface area contributed by atoms with Crippen LogP contribution in [0.4, 0.5) is 5.69 Å². The summed E-state index contributed by atoms with van der Waals surface area (Å²) in [4.78, 5) is 8.70. The zero-order valence-corrected chi connectivity index (χ0v) is 20.4. The van der Waals surface area contributed by atoms with Crippen LogP contribution in [0.25, 0.3) is 0 Å². The van der Waals surface area contributed by atoms with E-state index in [1.165, 1.54) is 0 Å². The van der Waals surface area contributed by atoms with Gasteiger partial charge in [-0.3, -0.25) is 0 Å². The summed E-state index contributed by atoms with van der Waals surface area (Å²) in [6.07, 6.45) is 3.25. The number of ether oxygens (including phenoxy) is 2. The maximum atomic E-state index is 5.58. The van der Waals surface area contributed by atoms with E-state index in [0.29, 0.717) is 31.4 Å². The van der Waals surface area contributed by atoms with Gasteiger partial charge in [-0.15, -0.1) is 24.0 Å². The van der Waals surface area contributed by atoms with Gasteiger partial charge in [-0.05, 0) is 37.1 Å². The van der Waals surface area contributed by atoms with Crippen LogP contribution in [-0.2, 0) is 13.1 Å². The summed E-state index contributed by atoms with van der Waals surface area (Å²) in [5.41, 5.74) is 3.14. The van der Waals surface area contributed by atoms with Gasteiger partial charge in [0.05, 0.1) is 26.8 Å². The lowest BCUT2D eigenvalue weighted by atomic mass is 10.1. The Morgan fingerprint density at radius 2 is 1.94 bits per heavy atom. The lowest BCUT2D eigenvalue weighted by Crippen LogP contribution is -2.30. The summed E-state index contributed by atoms with van der Waals surface area (Å²) >= 11 is 0. The molecule has 8 nitrogen and oxygen atoms in total. The van der Waals surface area contributed by atoms with Crippen LogP contribution in [0, 0.1) is 0 Å². The molecule has 0 unspecified atom stereocenters. The lowest BCUT2D eigenvalue weighted by molar-refractivity contribution is 0.311. The smallest absolute Gasteiger partial charge is 0.196 e. The fourth-order valence-corrected chi connectivity index (χ4v) is 2.96. The second kappa shape index (κ2) is 12.8. The Kier molecular flexibility index (Phi) is 10.1. The number of aromatic nitrogens is 3. The van der Waals surface area contributed by atoms with Gasteiger partial charge in [0.1, 0.15) is 12.7 Å². The monoisotopic (exact) mass is 536 g/mol. The van der Waals surface area contributed by atoms with E-state index in [-0.39, 0.29) is 24.0 Å². The fraction of sp³-hybridized carbons (Fsp3) is 0.318. The normalized spacial score (nSPS) is 10.9. The fourth-order valence-electron chi connectivity index (χ4n) is 2.96. The second-order valence-electron chi connectivity index (χ2n) is 6.53. The van der Waals surface area contributed by atoms with E-state index >= 15 is 0 Å². The molecule has 166 valence electrons. The van der Waals surface area contributed by atoms with Crippen LogP contribution < -0.4 is 20.1 Å². The molecule has 2 N–H and O–H groups in total. The van der Waals surface area contributed by atoms with Gasteiger partial charge < -0.3 is 20.1 Å². The number of nitrogens with one attached hydrogen (secondary N) is 2. The average molecular weight is 536 g/mol. The molecule has 0 bridgehead atoms. The summed E-state index contributed by atoms with van der Waals surface area (Å²) in [6.45, 7) is 6.56. The van der Waals surface area contributed by atoms with Crippen LogP contribution in [0.15, 0.2) is 60.1 Å². The van der Waals surface area contributed by atoms with E-state index < -0.39 is 0 Å². The van der Waals surface area contributed by atoms with Crippen LogP contribution >= 0.6 is 24.0 Å². The minimum Gasteiger partial charge on any atom is -0.493 e. The molecule has 0 radical (unpaired) electrons. The quantitative estimate of drug-likeness (QED) is 0.245. The van der Waals surface area contributed by atoms with Gasteiger partial charge in [-0.2, -0.15) is 5.10 Å². The van der Waals surface area contributed by atoms with Gasteiger partial charge in [0.15, 0.2) is 17.5 Å². The van der Waals surface area contributed by atoms with E-state index in [1.807, 2.05) is 38.1 Å². The Bertz CT molecular complexity index is 962. The van der Waals surface area contributed by atoms with Gasteiger partial charge >= 0.3 is 0 Å². The predicted octanol–water partition coefficient (Wildman–Crippen LogP) is 3.93. The van der Waals surface area contributed by atoms with Crippen molar-refractivity contribution < 1.29 is 9.47 Å². The van der Waals surface area contributed by atoms with Crippen LogP contribution in [0.2, 0.25) is 0 Å². The number of anilines is 1. The molecular formula is C22H29IN6O2. The first-order valence-corrected chi connectivity index (χ1v) is 9.98. The molecule has 9 heteroatoms. The van der Waals surface area contributed by atoms with Crippen molar-refractivity contribution in [3.63, 3.8) is 0 Å². The summed E-state index contributed by atoms with van der Waals surface area (Å²) in [6, 6.07) is 14.0. The Morgan fingerprint density at radius 3 is 2.65 bits per heavy atom.